The highest BCUT2D eigenvalue weighted by Crippen LogP contribution is 2.17. The number of nitrogens with zero attached hydrogens (tertiary/aromatic N) is 6. The molecule has 8 heteroatoms. The number of nitrogen functional groups attached to an aromatic ring is 1. The maximum absolute atomic E-state index is 9.51. The molecule has 0 saturated carbocycles. The van der Waals surface area contributed by atoms with E-state index in [-0.39, 0.29) is 12.1 Å². The SMILES string of the molecule is Nc1nc(N2CCC(O)CC2)nc(-n2cccn2)n1. The number of hydrogen-bond acceptors (Lipinski definition) is 7. The van der Waals surface area contributed by atoms with Crippen molar-refractivity contribution in [2.75, 3.05) is 23.7 Å². The van der Waals surface area contributed by atoms with Gasteiger partial charge in [-0.15, -0.1) is 0 Å². The van der Waals surface area contributed by atoms with Crippen LogP contribution >= 0.6 is 0 Å². The first-order valence-corrected chi connectivity index (χ1v) is 6.17. The second kappa shape index (κ2) is 4.81. The van der Waals surface area contributed by atoms with Crippen LogP contribution in [0.3, 0.4) is 0 Å². The highest BCUT2D eigenvalue weighted by molar-refractivity contribution is 5.38. The fourth-order valence-corrected chi connectivity index (χ4v) is 2.07. The lowest BCUT2D eigenvalue weighted by Gasteiger charge is -2.29. The van der Waals surface area contributed by atoms with Crippen LogP contribution in [0.25, 0.3) is 5.95 Å². The van der Waals surface area contributed by atoms with Crippen molar-refractivity contribution in [3.8, 4) is 5.95 Å². The van der Waals surface area contributed by atoms with Crippen molar-refractivity contribution in [1.82, 2.24) is 24.7 Å². The first-order valence-electron chi connectivity index (χ1n) is 6.17. The average Bonchev–Trinajstić information content (AvgIpc) is 2.93. The van der Waals surface area contributed by atoms with Gasteiger partial charge in [0.05, 0.1) is 6.10 Å². The van der Waals surface area contributed by atoms with Crippen LogP contribution in [0, 0.1) is 0 Å². The number of piperidine rings is 1. The maximum Gasteiger partial charge on any atom is 0.257 e. The fraction of sp³-hybridized carbons (Fsp3) is 0.455. The van der Waals surface area contributed by atoms with Crippen molar-refractivity contribution in [3.05, 3.63) is 18.5 Å². The average molecular weight is 261 g/mol. The minimum atomic E-state index is -0.235. The lowest BCUT2D eigenvalue weighted by molar-refractivity contribution is 0.145. The predicted octanol–water partition coefficient (Wildman–Crippen LogP) is -0.399. The molecule has 0 radical (unpaired) electrons. The second-order valence-corrected chi connectivity index (χ2v) is 4.46. The Labute approximate surface area is 109 Å². The third-order valence-corrected chi connectivity index (χ3v) is 3.09. The molecule has 1 saturated heterocycles. The summed E-state index contributed by atoms with van der Waals surface area (Å²) in [5.41, 5.74) is 5.72. The summed E-state index contributed by atoms with van der Waals surface area (Å²) in [5, 5.41) is 13.6. The molecule has 2 aromatic heterocycles. The van der Waals surface area contributed by atoms with Crippen molar-refractivity contribution in [3.63, 3.8) is 0 Å². The Kier molecular flexibility index (Phi) is 3.00. The van der Waals surface area contributed by atoms with E-state index >= 15 is 0 Å². The van der Waals surface area contributed by atoms with Crippen molar-refractivity contribution in [1.29, 1.82) is 0 Å². The fourth-order valence-electron chi connectivity index (χ4n) is 2.07. The van der Waals surface area contributed by atoms with E-state index in [0.717, 1.165) is 0 Å². The van der Waals surface area contributed by atoms with Gasteiger partial charge in [-0.25, -0.2) is 4.68 Å². The molecule has 0 spiro atoms. The number of aromatic nitrogens is 5. The monoisotopic (exact) mass is 261 g/mol. The number of aliphatic hydroxyl groups is 1. The van der Waals surface area contributed by atoms with Crippen LogP contribution in [0.4, 0.5) is 11.9 Å². The topological polar surface area (TPSA) is 106 Å². The molecule has 1 fully saturated rings. The number of nitrogens with two attached hydrogens (primary N) is 1. The third-order valence-electron chi connectivity index (χ3n) is 3.09. The molecule has 3 N–H and O–H groups in total. The Morgan fingerprint density at radius 3 is 2.58 bits per heavy atom. The summed E-state index contributed by atoms with van der Waals surface area (Å²) in [7, 11) is 0. The van der Waals surface area contributed by atoms with E-state index in [1.54, 1.807) is 23.1 Å². The van der Waals surface area contributed by atoms with Crippen molar-refractivity contribution in [2.45, 2.75) is 18.9 Å². The highest BCUT2D eigenvalue weighted by atomic mass is 16.3. The molecule has 100 valence electrons. The largest absolute Gasteiger partial charge is 0.393 e. The summed E-state index contributed by atoms with van der Waals surface area (Å²) in [6.45, 7) is 1.42. The Balaban J connectivity index is 1.90. The summed E-state index contributed by atoms with van der Waals surface area (Å²) < 4.78 is 1.54. The zero-order chi connectivity index (χ0) is 13.2. The van der Waals surface area contributed by atoms with Crippen LogP contribution in [0.2, 0.25) is 0 Å². The van der Waals surface area contributed by atoms with Crippen molar-refractivity contribution >= 4 is 11.9 Å². The molecule has 0 amide bonds. The lowest BCUT2D eigenvalue weighted by atomic mass is 10.1. The van der Waals surface area contributed by atoms with Gasteiger partial charge >= 0.3 is 0 Å². The van der Waals surface area contributed by atoms with E-state index in [1.807, 2.05) is 4.90 Å². The van der Waals surface area contributed by atoms with E-state index in [1.165, 1.54) is 0 Å². The molecule has 1 aliphatic heterocycles. The second-order valence-electron chi connectivity index (χ2n) is 4.46. The Hall–Kier alpha value is -2.22. The van der Waals surface area contributed by atoms with Gasteiger partial charge in [0.2, 0.25) is 11.9 Å². The normalized spacial score (nSPS) is 16.8. The molecule has 8 nitrogen and oxygen atoms in total. The van der Waals surface area contributed by atoms with Gasteiger partial charge < -0.3 is 15.7 Å². The smallest absolute Gasteiger partial charge is 0.257 e. The lowest BCUT2D eigenvalue weighted by Crippen LogP contribution is -2.37. The van der Waals surface area contributed by atoms with Gasteiger partial charge in [0, 0.05) is 25.5 Å². The van der Waals surface area contributed by atoms with E-state index in [9.17, 15) is 5.11 Å². The molecule has 0 aliphatic carbocycles. The quantitative estimate of drug-likeness (QED) is 0.757. The zero-order valence-electron chi connectivity index (χ0n) is 10.3. The molecule has 1 aliphatic rings. The Morgan fingerprint density at radius 2 is 1.89 bits per heavy atom. The van der Waals surface area contributed by atoms with Gasteiger partial charge in [0.15, 0.2) is 0 Å². The van der Waals surface area contributed by atoms with Gasteiger partial charge in [-0.05, 0) is 18.9 Å². The maximum atomic E-state index is 9.51. The first-order chi connectivity index (χ1) is 9.22. The van der Waals surface area contributed by atoms with E-state index in [0.29, 0.717) is 37.8 Å². The number of aliphatic hydroxyl groups excluding tert-OH is 1. The van der Waals surface area contributed by atoms with E-state index in [4.69, 9.17) is 5.73 Å². The molecule has 0 bridgehead atoms. The molecular formula is C11H15N7O. The van der Waals surface area contributed by atoms with Gasteiger partial charge in [0.25, 0.3) is 5.95 Å². The molecule has 3 heterocycles. The standard InChI is InChI=1S/C11H15N7O/c12-9-14-10(17-6-2-8(19)3-7-17)16-11(15-9)18-5-1-4-13-18/h1,4-5,8,19H,2-3,6-7H2,(H2,12,14,15,16). The minimum absolute atomic E-state index is 0.168. The molecule has 0 unspecified atom stereocenters. The van der Waals surface area contributed by atoms with Crippen LogP contribution in [0.15, 0.2) is 18.5 Å². The Morgan fingerprint density at radius 1 is 1.16 bits per heavy atom. The minimum Gasteiger partial charge on any atom is -0.393 e. The third kappa shape index (κ3) is 2.48. The van der Waals surface area contributed by atoms with Gasteiger partial charge in [-0.2, -0.15) is 20.1 Å². The number of anilines is 2. The summed E-state index contributed by atoms with van der Waals surface area (Å²) in [5.74, 6) is 1.10. The van der Waals surface area contributed by atoms with Crippen LogP contribution in [-0.2, 0) is 0 Å². The van der Waals surface area contributed by atoms with Gasteiger partial charge in [-0.1, -0.05) is 0 Å². The Bertz CT molecular complexity index is 548. The van der Waals surface area contributed by atoms with Crippen LogP contribution in [0.5, 0.6) is 0 Å². The first kappa shape index (κ1) is 11.8. The van der Waals surface area contributed by atoms with Crippen molar-refractivity contribution in [2.24, 2.45) is 0 Å². The molecular weight excluding hydrogens is 246 g/mol. The van der Waals surface area contributed by atoms with Crippen LogP contribution in [0.1, 0.15) is 12.8 Å². The summed E-state index contributed by atoms with van der Waals surface area (Å²) in [4.78, 5) is 14.6. The summed E-state index contributed by atoms with van der Waals surface area (Å²) >= 11 is 0. The summed E-state index contributed by atoms with van der Waals surface area (Å²) in [6.07, 6.45) is 4.59. The van der Waals surface area contributed by atoms with E-state index in [2.05, 4.69) is 20.1 Å². The zero-order valence-corrected chi connectivity index (χ0v) is 10.3. The molecule has 3 rings (SSSR count). The molecule has 0 atom stereocenters. The van der Waals surface area contributed by atoms with Crippen LogP contribution < -0.4 is 10.6 Å². The molecule has 0 aromatic carbocycles. The van der Waals surface area contributed by atoms with Gasteiger partial charge in [0.1, 0.15) is 0 Å². The summed E-state index contributed by atoms with van der Waals surface area (Å²) in [6, 6.07) is 1.79. The van der Waals surface area contributed by atoms with Crippen LogP contribution in [-0.4, -0.2) is 49.0 Å². The number of hydrogen-bond donors (Lipinski definition) is 2. The predicted molar refractivity (Wildman–Crippen MR) is 68.8 cm³/mol. The van der Waals surface area contributed by atoms with E-state index < -0.39 is 0 Å². The molecule has 19 heavy (non-hydrogen) atoms. The van der Waals surface area contributed by atoms with Gasteiger partial charge in [-0.3, -0.25) is 0 Å². The highest BCUT2D eigenvalue weighted by Gasteiger charge is 2.20. The number of rotatable bonds is 2. The molecule has 2 aromatic rings. The van der Waals surface area contributed by atoms with Crippen molar-refractivity contribution < 1.29 is 5.11 Å².